The van der Waals surface area contributed by atoms with Crippen LogP contribution in [0.15, 0.2) is 0 Å². The monoisotopic (exact) mass is 352 g/mol. The highest BCUT2D eigenvalue weighted by atomic mass is 35.5. The molecule has 130 valence electrons. The summed E-state index contributed by atoms with van der Waals surface area (Å²) in [7, 11) is -1.39. The van der Waals surface area contributed by atoms with Crippen LogP contribution in [0.4, 0.5) is 0 Å². The summed E-state index contributed by atoms with van der Waals surface area (Å²) in [5, 5.41) is 3.16. The van der Waals surface area contributed by atoms with Crippen molar-refractivity contribution >= 4 is 28.2 Å². The first-order chi connectivity index (χ1) is 9.90. The lowest BCUT2D eigenvalue weighted by Crippen LogP contribution is -2.54. The highest BCUT2D eigenvalue weighted by Crippen LogP contribution is 2.39. The normalized spacial score (nSPS) is 22.4. The highest BCUT2D eigenvalue weighted by molar-refractivity contribution is 7.92. The van der Waals surface area contributed by atoms with Crippen LogP contribution >= 0.6 is 12.4 Å². The van der Waals surface area contributed by atoms with Gasteiger partial charge in [0.25, 0.3) is 0 Å². The lowest BCUT2D eigenvalue weighted by atomic mass is 9.92. The number of carbonyl (C=O) groups is 1. The van der Waals surface area contributed by atoms with Crippen LogP contribution in [0.25, 0.3) is 0 Å². The van der Waals surface area contributed by atoms with Crippen LogP contribution in [-0.4, -0.2) is 56.9 Å². The molecule has 1 heterocycles. The SMILES string of the molecule is CNCCC1CCN(C(=O)C2(S(C)(=O)=O)CCCC2)CC1.Cl. The zero-order chi connectivity index (χ0) is 15.5. The van der Waals surface area contributed by atoms with E-state index in [0.717, 1.165) is 38.6 Å². The molecule has 1 saturated carbocycles. The molecule has 1 aliphatic carbocycles. The van der Waals surface area contributed by atoms with Gasteiger partial charge < -0.3 is 10.2 Å². The van der Waals surface area contributed by atoms with Gasteiger partial charge in [-0.05, 0) is 51.6 Å². The number of likely N-dealkylation sites (tertiary alicyclic amines) is 1. The number of hydrogen-bond acceptors (Lipinski definition) is 4. The van der Waals surface area contributed by atoms with Crippen molar-refractivity contribution in [3.63, 3.8) is 0 Å². The Morgan fingerprint density at radius 3 is 2.23 bits per heavy atom. The number of nitrogens with zero attached hydrogens (tertiary/aromatic N) is 1. The Balaban J connectivity index is 0.00000242. The highest BCUT2D eigenvalue weighted by Gasteiger charge is 2.51. The Morgan fingerprint density at radius 1 is 1.23 bits per heavy atom. The summed E-state index contributed by atoms with van der Waals surface area (Å²) >= 11 is 0. The van der Waals surface area contributed by atoms with E-state index in [1.807, 2.05) is 11.9 Å². The molecule has 2 rings (SSSR count). The third-order valence-corrected chi connectivity index (χ3v) is 7.22. The Labute approximate surface area is 140 Å². The van der Waals surface area contributed by atoms with Crippen molar-refractivity contribution in [2.24, 2.45) is 5.92 Å². The summed E-state index contributed by atoms with van der Waals surface area (Å²) in [6.07, 6.45) is 7.05. The van der Waals surface area contributed by atoms with Gasteiger partial charge in [0.05, 0.1) is 0 Å². The van der Waals surface area contributed by atoms with Crippen molar-refractivity contribution in [3.05, 3.63) is 0 Å². The van der Waals surface area contributed by atoms with E-state index in [1.54, 1.807) is 0 Å². The number of carbonyl (C=O) groups excluding carboxylic acids is 1. The first-order valence-corrected chi connectivity index (χ1v) is 9.93. The topological polar surface area (TPSA) is 66.5 Å². The van der Waals surface area contributed by atoms with Crippen molar-refractivity contribution in [2.75, 3.05) is 32.9 Å². The molecule has 0 radical (unpaired) electrons. The molecule has 2 fully saturated rings. The number of rotatable bonds is 5. The first kappa shape index (κ1) is 19.7. The second-order valence-electron chi connectivity index (χ2n) is 6.60. The van der Waals surface area contributed by atoms with Crippen molar-refractivity contribution in [3.8, 4) is 0 Å². The van der Waals surface area contributed by atoms with Crippen molar-refractivity contribution < 1.29 is 13.2 Å². The second-order valence-corrected chi connectivity index (χ2v) is 8.93. The van der Waals surface area contributed by atoms with E-state index in [-0.39, 0.29) is 18.3 Å². The molecule has 2 aliphatic rings. The third-order valence-electron chi connectivity index (χ3n) is 5.22. The van der Waals surface area contributed by atoms with E-state index in [4.69, 9.17) is 0 Å². The molecule has 1 aliphatic heterocycles. The van der Waals surface area contributed by atoms with Gasteiger partial charge in [-0.3, -0.25) is 4.79 Å². The number of nitrogens with one attached hydrogen (secondary N) is 1. The molecule has 0 aromatic rings. The largest absolute Gasteiger partial charge is 0.341 e. The van der Waals surface area contributed by atoms with Gasteiger partial charge in [-0.25, -0.2) is 8.42 Å². The van der Waals surface area contributed by atoms with Crippen LogP contribution in [0.3, 0.4) is 0 Å². The molecule has 1 saturated heterocycles. The molecule has 0 aromatic carbocycles. The lowest BCUT2D eigenvalue weighted by Gasteiger charge is -2.37. The van der Waals surface area contributed by atoms with Crippen molar-refractivity contribution in [1.29, 1.82) is 0 Å². The van der Waals surface area contributed by atoms with Gasteiger partial charge in [-0.15, -0.1) is 12.4 Å². The van der Waals surface area contributed by atoms with Crippen LogP contribution < -0.4 is 5.32 Å². The fourth-order valence-electron chi connectivity index (χ4n) is 3.75. The van der Waals surface area contributed by atoms with E-state index in [2.05, 4.69) is 5.32 Å². The molecule has 1 amide bonds. The molecule has 22 heavy (non-hydrogen) atoms. The molecule has 0 atom stereocenters. The van der Waals surface area contributed by atoms with Gasteiger partial charge in [0.15, 0.2) is 14.6 Å². The molecular weight excluding hydrogens is 324 g/mol. The van der Waals surface area contributed by atoms with E-state index < -0.39 is 14.6 Å². The average molecular weight is 353 g/mol. The van der Waals surface area contributed by atoms with E-state index in [9.17, 15) is 13.2 Å². The van der Waals surface area contributed by atoms with Crippen molar-refractivity contribution in [1.82, 2.24) is 10.2 Å². The summed E-state index contributed by atoms with van der Waals surface area (Å²) in [6, 6.07) is 0. The zero-order valence-corrected chi connectivity index (χ0v) is 15.3. The van der Waals surface area contributed by atoms with Gasteiger partial charge in [0, 0.05) is 19.3 Å². The van der Waals surface area contributed by atoms with Gasteiger partial charge in [-0.2, -0.15) is 0 Å². The first-order valence-electron chi connectivity index (χ1n) is 8.04. The molecule has 0 spiro atoms. The minimum absolute atomic E-state index is 0. The summed E-state index contributed by atoms with van der Waals surface area (Å²) < 4.78 is 23.3. The van der Waals surface area contributed by atoms with Crippen molar-refractivity contribution in [2.45, 2.75) is 49.7 Å². The van der Waals surface area contributed by atoms with Crippen LogP contribution in [0.1, 0.15) is 44.9 Å². The number of sulfone groups is 1. The molecule has 0 unspecified atom stereocenters. The molecule has 1 N–H and O–H groups in total. The number of halogens is 1. The van der Waals surface area contributed by atoms with Crippen LogP contribution in [0.2, 0.25) is 0 Å². The summed E-state index contributed by atoms with van der Waals surface area (Å²) in [5.41, 5.74) is 0. The maximum absolute atomic E-state index is 12.8. The van der Waals surface area contributed by atoms with Gasteiger partial charge in [0.1, 0.15) is 0 Å². The summed E-state index contributed by atoms with van der Waals surface area (Å²) in [4.78, 5) is 14.6. The summed E-state index contributed by atoms with van der Waals surface area (Å²) in [6.45, 7) is 2.43. The third kappa shape index (κ3) is 3.95. The zero-order valence-electron chi connectivity index (χ0n) is 13.6. The van der Waals surface area contributed by atoms with E-state index >= 15 is 0 Å². The fraction of sp³-hybridized carbons (Fsp3) is 0.933. The van der Waals surface area contributed by atoms with Crippen LogP contribution in [0.5, 0.6) is 0 Å². The van der Waals surface area contributed by atoms with Gasteiger partial charge in [0.2, 0.25) is 5.91 Å². The maximum Gasteiger partial charge on any atom is 0.244 e. The predicted octanol–water partition coefficient (Wildman–Crippen LogP) is 1.61. The standard InChI is InChI=1S/C15H28N2O3S.ClH/c1-16-10-5-13-6-11-17(12-7-13)14(18)15(21(2,19)20)8-3-4-9-15;/h13,16H,3-12H2,1-2H3;1H. The Morgan fingerprint density at radius 2 is 1.77 bits per heavy atom. The minimum atomic E-state index is -3.34. The van der Waals surface area contributed by atoms with E-state index in [1.165, 1.54) is 6.26 Å². The molecule has 0 bridgehead atoms. The van der Waals surface area contributed by atoms with Crippen LogP contribution in [-0.2, 0) is 14.6 Å². The Hall–Kier alpha value is -0.330. The Bertz CT molecular complexity index is 467. The lowest BCUT2D eigenvalue weighted by molar-refractivity contribution is -0.135. The smallest absolute Gasteiger partial charge is 0.244 e. The van der Waals surface area contributed by atoms with Gasteiger partial charge in [-0.1, -0.05) is 12.8 Å². The fourth-order valence-corrected chi connectivity index (χ4v) is 5.23. The second kappa shape index (κ2) is 7.97. The molecule has 7 heteroatoms. The number of piperidine rings is 1. The Kier molecular flexibility index (Phi) is 7.15. The average Bonchev–Trinajstić information content (AvgIpc) is 2.95. The number of amides is 1. The molecular formula is C15H29ClN2O3S. The van der Waals surface area contributed by atoms with Gasteiger partial charge >= 0.3 is 0 Å². The van der Waals surface area contributed by atoms with E-state index in [0.29, 0.717) is 31.8 Å². The molecule has 0 aromatic heterocycles. The molecule has 5 nitrogen and oxygen atoms in total. The summed E-state index contributed by atoms with van der Waals surface area (Å²) in [5.74, 6) is 0.522. The number of hydrogen-bond donors (Lipinski definition) is 1. The quantitative estimate of drug-likeness (QED) is 0.816. The van der Waals surface area contributed by atoms with Crippen LogP contribution in [0, 0.1) is 5.92 Å². The minimum Gasteiger partial charge on any atom is -0.341 e. The maximum atomic E-state index is 12.8. The predicted molar refractivity (Wildman–Crippen MR) is 91.1 cm³/mol.